The van der Waals surface area contributed by atoms with E-state index < -0.39 is 5.97 Å². The Morgan fingerprint density at radius 2 is 2.23 bits per heavy atom. The van der Waals surface area contributed by atoms with Crippen LogP contribution in [0.5, 0.6) is 5.75 Å². The number of para-hydroxylation sites is 1. The van der Waals surface area contributed by atoms with Gasteiger partial charge in [0.05, 0.1) is 31.1 Å². The molecule has 2 heterocycles. The molecule has 0 amide bonds. The summed E-state index contributed by atoms with van der Waals surface area (Å²) in [4.78, 5) is 15.4. The van der Waals surface area contributed by atoms with Gasteiger partial charge < -0.3 is 9.84 Å². The highest BCUT2D eigenvalue weighted by molar-refractivity contribution is 7.09. The Balaban J connectivity index is 1.82. The second-order valence-corrected chi connectivity index (χ2v) is 5.50. The van der Waals surface area contributed by atoms with Crippen LogP contribution in [0.3, 0.4) is 0 Å². The fourth-order valence-electron chi connectivity index (χ4n) is 2.06. The van der Waals surface area contributed by atoms with Crippen molar-refractivity contribution in [3.8, 4) is 17.0 Å². The lowest BCUT2D eigenvalue weighted by molar-refractivity contribution is 0.0697. The number of hydrogen-bond donors (Lipinski definition) is 1. The van der Waals surface area contributed by atoms with Crippen molar-refractivity contribution in [3.05, 3.63) is 52.6 Å². The quantitative estimate of drug-likeness (QED) is 0.783. The number of thiazole rings is 1. The minimum absolute atomic E-state index is 0.168. The zero-order valence-corrected chi connectivity index (χ0v) is 12.6. The van der Waals surface area contributed by atoms with Crippen molar-refractivity contribution in [2.45, 2.75) is 6.54 Å². The molecule has 7 heteroatoms. The van der Waals surface area contributed by atoms with Crippen LogP contribution < -0.4 is 4.74 Å². The molecule has 3 aromatic rings. The molecule has 0 unspecified atom stereocenters. The molecule has 0 spiro atoms. The van der Waals surface area contributed by atoms with E-state index in [1.54, 1.807) is 11.8 Å². The summed E-state index contributed by atoms with van der Waals surface area (Å²) in [5, 5.41) is 15.7. The first-order valence-electron chi connectivity index (χ1n) is 6.51. The predicted octanol–water partition coefficient (Wildman–Crippen LogP) is 2.76. The SMILES string of the molecule is COc1ccccc1-c1csc(Cn2cc(C(=O)O)cn2)n1. The largest absolute Gasteiger partial charge is 0.496 e. The monoisotopic (exact) mass is 315 g/mol. The molecular weight excluding hydrogens is 302 g/mol. The van der Waals surface area contributed by atoms with Gasteiger partial charge in [0.15, 0.2) is 0 Å². The first-order valence-corrected chi connectivity index (χ1v) is 7.39. The molecule has 0 saturated heterocycles. The summed E-state index contributed by atoms with van der Waals surface area (Å²) in [6.45, 7) is 0.438. The van der Waals surface area contributed by atoms with E-state index in [4.69, 9.17) is 9.84 Å². The maximum atomic E-state index is 10.8. The Bertz CT molecular complexity index is 810. The molecule has 0 fully saturated rings. The number of rotatable bonds is 5. The van der Waals surface area contributed by atoms with Crippen LogP contribution in [-0.2, 0) is 6.54 Å². The van der Waals surface area contributed by atoms with Gasteiger partial charge in [0, 0.05) is 17.1 Å². The van der Waals surface area contributed by atoms with Crippen molar-refractivity contribution in [3.63, 3.8) is 0 Å². The van der Waals surface area contributed by atoms with Crippen LogP contribution in [0.15, 0.2) is 42.0 Å². The van der Waals surface area contributed by atoms with Gasteiger partial charge in [0.25, 0.3) is 0 Å². The Kier molecular flexibility index (Phi) is 3.88. The maximum absolute atomic E-state index is 10.8. The third kappa shape index (κ3) is 2.84. The summed E-state index contributed by atoms with van der Waals surface area (Å²) in [6.07, 6.45) is 2.82. The van der Waals surface area contributed by atoms with E-state index in [1.807, 2.05) is 29.6 Å². The Labute approximate surface area is 130 Å². The molecule has 0 bridgehead atoms. The van der Waals surface area contributed by atoms with Gasteiger partial charge in [-0.25, -0.2) is 9.78 Å². The summed E-state index contributed by atoms with van der Waals surface area (Å²) in [6, 6.07) is 7.69. The minimum Gasteiger partial charge on any atom is -0.496 e. The molecule has 0 radical (unpaired) electrons. The molecule has 0 aliphatic carbocycles. The number of methoxy groups -OCH3 is 1. The summed E-state index contributed by atoms with van der Waals surface area (Å²) >= 11 is 1.50. The molecule has 22 heavy (non-hydrogen) atoms. The highest BCUT2D eigenvalue weighted by Crippen LogP contribution is 2.30. The summed E-state index contributed by atoms with van der Waals surface area (Å²) in [5.41, 5.74) is 1.93. The predicted molar refractivity (Wildman–Crippen MR) is 82.4 cm³/mol. The van der Waals surface area contributed by atoms with E-state index in [9.17, 15) is 4.79 Å². The number of aromatic nitrogens is 3. The Hall–Kier alpha value is -2.67. The summed E-state index contributed by atoms with van der Waals surface area (Å²) in [5.74, 6) is -0.216. The van der Waals surface area contributed by atoms with E-state index in [0.717, 1.165) is 22.0 Å². The first kappa shape index (κ1) is 14.3. The lowest BCUT2D eigenvalue weighted by Crippen LogP contribution is -2.00. The van der Waals surface area contributed by atoms with Crippen LogP contribution in [0, 0.1) is 0 Å². The van der Waals surface area contributed by atoms with Gasteiger partial charge in [-0.1, -0.05) is 12.1 Å². The lowest BCUT2D eigenvalue weighted by Gasteiger charge is -2.04. The molecule has 0 saturated carbocycles. The summed E-state index contributed by atoms with van der Waals surface area (Å²) in [7, 11) is 1.63. The zero-order valence-electron chi connectivity index (χ0n) is 11.8. The number of nitrogens with zero attached hydrogens (tertiary/aromatic N) is 3. The first-order chi connectivity index (χ1) is 10.7. The number of benzene rings is 1. The van der Waals surface area contributed by atoms with Crippen LogP contribution >= 0.6 is 11.3 Å². The number of hydrogen-bond acceptors (Lipinski definition) is 5. The molecule has 1 N–H and O–H groups in total. The lowest BCUT2D eigenvalue weighted by atomic mass is 10.1. The van der Waals surface area contributed by atoms with Crippen molar-refractivity contribution >= 4 is 17.3 Å². The van der Waals surface area contributed by atoms with E-state index in [0.29, 0.717) is 6.54 Å². The van der Waals surface area contributed by atoms with Crippen LogP contribution in [0.2, 0.25) is 0 Å². The van der Waals surface area contributed by atoms with Gasteiger partial charge in [0.2, 0.25) is 0 Å². The maximum Gasteiger partial charge on any atom is 0.338 e. The highest BCUT2D eigenvalue weighted by Gasteiger charge is 2.11. The standard InChI is InChI=1S/C15H13N3O3S/c1-21-13-5-3-2-4-11(13)12-9-22-14(17-12)8-18-7-10(6-16-18)15(19)20/h2-7,9H,8H2,1H3,(H,19,20). The van der Waals surface area contributed by atoms with Gasteiger partial charge in [-0.05, 0) is 12.1 Å². The molecule has 2 aromatic heterocycles. The van der Waals surface area contributed by atoms with Crippen LogP contribution in [-0.4, -0.2) is 33.0 Å². The van der Waals surface area contributed by atoms with Crippen LogP contribution in [0.1, 0.15) is 15.4 Å². The highest BCUT2D eigenvalue weighted by atomic mass is 32.1. The third-order valence-corrected chi connectivity index (χ3v) is 3.95. The molecule has 0 aliphatic rings. The second kappa shape index (κ2) is 5.98. The fraction of sp³-hybridized carbons (Fsp3) is 0.133. The molecule has 0 atom stereocenters. The van der Waals surface area contributed by atoms with E-state index in [-0.39, 0.29) is 5.56 Å². The van der Waals surface area contributed by atoms with Crippen molar-refractivity contribution in [1.29, 1.82) is 0 Å². The van der Waals surface area contributed by atoms with E-state index in [2.05, 4.69) is 10.1 Å². The van der Waals surface area contributed by atoms with Crippen molar-refractivity contribution < 1.29 is 14.6 Å². The van der Waals surface area contributed by atoms with E-state index >= 15 is 0 Å². The average Bonchev–Trinajstić information content (AvgIpc) is 3.17. The van der Waals surface area contributed by atoms with Crippen LogP contribution in [0.4, 0.5) is 0 Å². The summed E-state index contributed by atoms with van der Waals surface area (Å²) < 4.78 is 6.90. The van der Waals surface area contributed by atoms with Crippen LogP contribution in [0.25, 0.3) is 11.3 Å². The molecule has 3 rings (SSSR count). The number of aromatic carboxylic acids is 1. The average molecular weight is 315 g/mol. The Morgan fingerprint density at radius 1 is 1.41 bits per heavy atom. The van der Waals surface area contributed by atoms with Gasteiger partial charge in [0.1, 0.15) is 10.8 Å². The number of carboxylic acids is 1. The minimum atomic E-state index is -0.986. The molecule has 0 aliphatic heterocycles. The van der Waals surface area contributed by atoms with Crippen molar-refractivity contribution in [2.75, 3.05) is 7.11 Å². The molecule has 112 valence electrons. The normalized spacial score (nSPS) is 10.6. The number of carbonyl (C=O) groups is 1. The van der Waals surface area contributed by atoms with Gasteiger partial charge in [-0.15, -0.1) is 11.3 Å². The Morgan fingerprint density at radius 3 is 2.95 bits per heavy atom. The number of ether oxygens (including phenoxy) is 1. The zero-order chi connectivity index (χ0) is 15.5. The molecular formula is C15H13N3O3S. The third-order valence-electron chi connectivity index (χ3n) is 3.11. The van der Waals surface area contributed by atoms with Gasteiger partial charge in [-0.3, -0.25) is 4.68 Å². The number of carboxylic acid groups (broad SMARTS) is 1. The van der Waals surface area contributed by atoms with Crippen molar-refractivity contribution in [2.24, 2.45) is 0 Å². The van der Waals surface area contributed by atoms with Gasteiger partial charge >= 0.3 is 5.97 Å². The van der Waals surface area contributed by atoms with Gasteiger partial charge in [-0.2, -0.15) is 5.10 Å². The van der Waals surface area contributed by atoms with E-state index in [1.165, 1.54) is 23.7 Å². The smallest absolute Gasteiger partial charge is 0.338 e. The second-order valence-electron chi connectivity index (χ2n) is 4.56. The van der Waals surface area contributed by atoms with Crippen molar-refractivity contribution in [1.82, 2.24) is 14.8 Å². The molecule has 1 aromatic carbocycles. The fourth-order valence-corrected chi connectivity index (χ4v) is 2.85. The topological polar surface area (TPSA) is 77.2 Å². The molecule has 6 nitrogen and oxygen atoms in total.